The minimum atomic E-state index is -0.183. The smallest absolute Gasteiger partial charge is 0.253 e. The monoisotopic (exact) mass is 411 g/mol. The number of rotatable bonds is 4. The topological polar surface area (TPSA) is 61.4 Å². The van der Waals surface area contributed by atoms with Crippen molar-refractivity contribution in [3.8, 4) is 0 Å². The van der Waals surface area contributed by atoms with Gasteiger partial charge in [-0.1, -0.05) is 29.8 Å². The summed E-state index contributed by atoms with van der Waals surface area (Å²) in [7, 11) is 1.89. The lowest BCUT2D eigenvalue weighted by Gasteiger charge is -2.31. The molecule has 2 amide bonds. The lowest BCUT2D eigenvalue weighted by atomic mass is 10.0. The number of hydrogen-bond acceptors (Lipinski definition) is 3. The van der Waals surface area contributed by atoms with Crippen molar-refractivity contribution in [1.29, 1.82) is 0 Å². The lowest BCUT2D eigenvalue weighted by Crippen LogP contribution is -2.44. The van der Waals surface area contributed by atoms with E-state index < -0.39 is 0 Å². The summed E-state index contributed by atoms with van der Waals surface area (Å²) in [4.78, 5) is 27.6. The van der Waals surface area contributed by atoms with Crippen LogP contribution >= 0.6 is 11.6 Å². The molecule has 152 valence electrons. The number of carbonyl (C=O) groups excluding carboxylic acids is 2. The summed E-state index contributed by atoms with van der Waals surface area (Å²) >= 11 is 6.16. The highest BCUT2D eigenvalue weighted by molar-refractivity contribution is 6.33. The molecule has 1 saturated heterocycles. The van der Waals surface area contributed by atoms with Crippen molar-refractivity contribution >= 4 is 23.4 Å². The number of fused-ring (bicyclic) bond motifs is 1. The second-order valence-corrected chi connectivity index (χ2v) is 8.26. The second-order valence-electron chi connectivity index (χ2n) is 7.86. The molecule has 5 nitrogen and oxygen atoms in total. The first-order valence-electron chi connectivity index (χ1n) is 10.2. The maximum atomic E-state index is 13.0. The molecule has 0 spiro atoms. The van der Waals surface area contributed by atoms with Crippen LogP contribution in [0.3, 0.4) is 0 Å². The molecule has 6 heteroatoms. The fraction of sp³-hybridized carbons (Fsp3) is 0.391. The van der Waals surface area contributed by atoms with E-state index in [0.29, 0.717) is 16.1 Å². The third-order valence-corrected chi connectivity index (χ3v) is 6.40. The van der Waals surface area contributed by atoms with Crippen LogP contribution in [-0.2, 0) is 6.42 Å². The maximum Gasteiger partial charge on any atom is 0.253 e. The molecule has 1 heterocycles. The highest BCUT2D eigenvalue weighted by Crippen LogP contribution is 2.33. The lowest BCUT2D eigenvalue weighted by molar-refractivity contribution is 0.0703. The largest absolute Gasteiger partial charge is 0.345 e. The first kappa shape index (κ1) is 19.9. The molecule has 29 heavy (non-hydrogen) atoms. The summed E-state index contributed by atoms with van der Waals surface area (Å²) in [5.41, 5.74) is 3.38. The van der Waals surface area contributed by atoms with Gasteiger partial charge >= 0.3 is 0 Å². The van der Waals surface area contributed by atoms with Crippen LogP contribution in [0.4, 0.5) is 0 Å². The number of nitrogens with zero attached hydrogens (tertiary/aromatic N) is 1. The highest BCUT2D eigenvalue weighted by atomic mass is 35.5. The number of aryl methyl sites for hydroxylation is 1. The quantitative estimate of drug-likeness (QED) is 0.808. The third-order valence-electron chi connectivity index (χ3n) is 6.07. The molecule has 0 aromatic heterocycles. The SMILES string of the molecule is CN(C(=O)c1ccc2c(c1)C(NC(=O)c1ccccc1Cl)CC2)C1CCNCC1. The van der Waals surface area contributed by atoms with E-state index in [9.17, 15) is 9.59 Å². The van der Waals surface area contributed by atoms with Gasteiger partial charge in [0.2, 0.25) is 0 Å². The minimum absolute atomic E-state index is 0.0442. The first-order valence-corrected chi connectivity index (χ1v) is 10.6. The average Bonchev–Trinajstić information content (AvgIpc) is 3.15. The zero-order valence-corrected chi connectivity index (χ0v) is 17.3. The summed E-state index contributed by atoms with van der Waals surface area (Å²) in [5, 5.41) is 6.87. The standard InChI is InChI=1S/C23H26ClN3O2/c1-27(17-10-12-25-13-11-17)23(29)16-7-6-15-8-9-21(19(15)14-16)26-22(28)18-4-2-3-5-20(18)24/h2-7,14,17,21,25H,8-13H2,1H3,(H,26,28). The van der Waals surface area contributed by atoms with Crippen molar-refractivity contribution in [1.82, 2.24) is 15.5 Å². The van der Waals surface area contributed by atoms with E-state index in [0.717, 1.165) is 44.3 Å². The number of hydrogen-bond donors (Lipinski definition) is 2. The highest BCUT2D eigenvalue weighted by Gasteiger charge is 2.28. The minimum Gasteiger partial charge on any atom is -0.345 e. The predicted octanol–water partition coefficient (Wildman–Crippen LogP) is 3.58. The Labute approximate surface area is 176 Å². The molecule has 1 fully saturated rings. The van der Waals surface area contributed by atoms with Gasteiger partial charge in [-0.3, -0.25) is 9.59 Å². The van der Waals surface area contributed by atoms with Crippen molar-refractivity contribution in [2.45, 2.75) is 37.8 Å². The van der Waals surface area contributed by atoms with Gasteiger partial charge in [-0.05, 0) is 74.2 Å². The molecule has 1 unspecified atom stereocenters. The van der Waals surface area contributed by atoms with Gasteiger partial charge in [-0.15, -0.1) is 0 Å². The number of benzene rings is 2. The van der Waals surface area contributed by atoms with E-state index in [2.05, 4.69) is 10.6 Å². The zero-order chi connectivity index (χ0) is 20.4. The average molecular weight is 412 g/mol. The van der Waals surface area contributed by atoms with E-state index >= 15 is 0 Å². The molecule has 0 bridgehead atoms. The Morgan fingerprint density at radius 3 is 2.62 bits per heavy atom. The van der Waals surface area contributed by atoms with Crippen molar-refractivity contribution in [3.63, 3.8) is 0 Å². The molecule has 0 saturated carbocycles. The van der Waals surface area contributed by atoms with Crippen LogP contribution in [0, 0.1) is 0 Å². The van der Waals surface area contributed by atoms with Crippen LogP contribution in [0.25, 0.3) is 0 Å². The Morgan fingerprint density at radius 2 is 1.86 bits per heavy atom. The molecule has 1 aliphatic heterocycles. The van der Waals surface area contributed by atoms with Crippen LogP contribution < -0.4 is 10.6 Å². The van der Waals surface area contributed by atoms with Crippen molar-refractivity contribution in [2.75, 3.05) is 20.1 Å². The van der Waals surface area contributed by atoms with Gasteiger partial charge in [0.15, 0.2) is 0 Å². The number of halogens is 1. The Morgan fingerprint density at radius 1 is 1.10 bits per heavy atom. The van der Waals surface area contributed by atoms with E-state index in [1.807, 2.05) is 30.1 Å². The van der Waals surface area contributed by atoms with Crippen molar-refractivity contribution in [3.05, 3.63) is 69.7 Å². The number of amides is 2. The second kappa shape index (κ2) is 8.56. The first-order chi connectivity index (χ1) is 14.0. The van der Waals surface area contributed by atoms with Gasteiger partial charge in [0.05, 0.1) is 16.6 Å². The van der Waals surface area contributed by atoms with E-state index in [-0.39, 0.29) is 23.9 Å². The normalized spacial score (nSPS) is 18.9. The van der Waals surface area contributed by atoms with Gasteiger partial charge < -0.3 is 15.5 Å². The van der Waals surface area contributed by atoms with E-state index in [4.69, 9.17) is 11.6 Å². The molecule has 1 atom stereocenters. The van der Waals surface area contributed by atoms with Crippen LogP contribution in [0.1, 0.15) is 57.1 Å². The van der Waals surface area contributed by atoms with Crippen LogP contribution in [0.2, 0.25) is 5.02 Å². The molecule has 2 aliphatic rings. The van der Waals surface area contributed by atoms with E-state index in [1.54, 1.807) is 24.3 Å². The predicted molar refractivity (Wildman–Crippen MR) is 114 cm³/mol. The van der Waals surface area contributed by atoms with Crippen molar-refractivity contribution < 1.29 is 9.59 Å². The van der Waals surface area contributed by atoms with Crippen LogP contribution in [0.15, 0.2) is 42.5 Å². The Kier molecular flexibility index (Phi) is 5.88. The maximum absolute atomic E-state index is 13.0. The molecular formula is C23H26ClN3O2. The Hall–Kier alpha value is -2.37. The van der Waals surface area contributed by atoms with Crippen LogP contribution in [-0.4, -0.2) is 42.9 Å². The molecule has 2 N–H and O–H groups in total. The van der Waals surface area contributed by atoms with Gasteiger partial charge in [0.1, 0.15) is 0 Å². The fourth-order valence-corrected chi connectivity index (χ4v) is 4.55. The summed E-state index contributed by atoms with van der Waals surface area (Å²) in [5.74, 6) is -0.139. The Balaban J connectivity index is 1.51. The van der Waals surface area contributed by atoms with E-state index in [1.165, 1.54) is 5.56 Å². The molecule has 0 radical (unpaired) electrons. The molecule has 1 aliphatic carbocycles. The summed E-state index contributed by atoms with van der Waals surface area (Å²) < 4.78 is 0. The summed E-state index contributed by atoms with van der Waals surface area (Å²) in [6.45, 7) is 1.89. The summed E-state index contributed by atoms with van der Waals surface area (Å²) in [6, 6.07) is 13.1. The zero-order valence-electron chi connectivity index (χ0n) is 16.6. The fourth-order valence-electron chi connectivity index (χ4n) is 4.33. The third kappa shape index (κ3) is 4.16. The van der Waals surface area contributed by atoms with Gasteiger partial charge in [0, 0.05) is 18.7 Å². The Bertz CT molecular complexity index is 924. The molecule has 4 rings (SSSR count). The van der Waals surface area contributed by atoms with Gasteiger partial charge in [-0.25, -0.2) is 0 Å². The van der Waals surface area contributed by atoms with Gasteiger partial charge in [-0.2, -0.15) is 0 Å². The molecule has 2 aromatic carbocycles. The number of piperidine rings is 1. The molecule has 2 aromatic rings. The van der Waals surface area contributed by atoms with Crippen molar-refractivity contribution in [2.24, 2.45) is 0 Å². The molecular weight excluding hydrogens is 386 g/mol. The van der Waals surface area contributed by atoms with Crippen LogP contribution in [0.5, 0.6) is 0 Å². The number of nitrogens with one attached hydrogen (secondary N) is 2. The summed E-state index contributed by atoms with van der Waals surface area (Å²) in [6.07, 6.45) is 3.67. The number of carbonyl (C=O) groups is 2. The van der Waals surface area contributed by atoms with Gasteiger partial charge in [0.25, 0.3) is 11.8 Å².